The SMILES string of the molecule is CCN1CC(CC(=O)NC23CC(C2)C3)C(F)(F)C1. The van der Waals surface area contributed by atoms with Gasteiger partial charge in [0.1, 0.15) is 0 Å². The molecule has 1 saturated heterocycles. The highest BCUT2D eigenvalue weighted by Gasteiger charge is 2.57. The second kappa shape index (κ2) is 3.89. The summed E-state index contributed by atoms with van der Waals surface area (Å²) in [5.41, 5.74) is 0.0000828. The Hall–Kier alpha value is -0.710. The van der Waals surface area contributed by atoms with Gasteiger partial charge in [-0.15, -0.1) is 0 Å². The quantitative estimate of drug-likeness (QED) is 0.831. The van der Waals surface area contributed by atoms with Crippen LogP contribution >= 0.6 is 0 Å². The molecular weight excluding hydrogens is 238 g/mol. The Morgan fingerprint density at radius 3 is 2.50 bits per heavy atom. The second-order valence-electron chi connectivity index (χ2n) is 6.30. The first-order chi connectivity index (χ1) is 8.42. The zero-order valence-electron chi connectivity index (χ0n) is 10.7. The molecule has 18 heavy (non-hydrogen) atoms. The highest BCUT2D eigenvalue weighted by Crippen LogP contribution is 2.57. The van der Waals surface area contributed by atoms with Crippen molar-refractivity contribution in [1.82, 2.24) is 10.2 Å². The zero-order chi connectivity index (χ0) is 13.0. The van der Waals surface area contributed by atoms with Gasteiger partial charge in [0.15, 0.2) is 0 Å². The van der Waals surface area contributed by atoms with Gasteiger partial charge in [-0.2, -0.15) is 0 Å². The second-order valence-corrected chi connectivity index (χ2v) is 6.30. The molecule has 1 unspecified atom stereocenters. The molecule has 1 aliphatic heterocycles. The number of hydrogen-bond donors (Lipinski definition) is 1. The molecule has 0 radical (unpaired) electrons. The standard InChI is InChI=1S/C13H20F2N2O/c1-2-17-7-10(13(14,15)8-17)3-11(18)16-12-4-9(5-12)6-12/h9-10H,2-8H2,1H3,(H,16,18). The van der Waals surface area contributed by atoms with Crippen LogP contribution in [-0.4, -0.2) is 41.9 Å². The molecule has 2 bridgehead atoms. The maximum absolute atomic E-state index is 13.7. The minimum absolute atomic E-state index is 0.0000828. The molecule has 1 amide bonds. The number of alkyl halides is 2. The van der Waals surface area contributed by atoms with E-state index in [2.05, 4.69) is 5.32 Å². The first-order valence-electron chi connectivity index (χ1n) is 6.84. The smallest absolute Gasteiger partial charge is 0.265 e. The minimum Gasteiger partial charge on any atom is -0.351 e. The van der Waals surface area contributed by atoms with Gasteiger partial charge in [-0.25, -0.2) is 8.78 Å². The molecule has 0 aromatic rings. The number of carbonyl (C=O) groups excluding carboxylic acids is 1. The van der Waals surface area contributed by atoms with Crippen LogP contribution < -0.4 is 5.32 Å². The van der Waals surface area contributed by atoms with Gasteiger partial charge in [0.2, 0.25) is 5.91 Å². The van der Waals surface area contributed by atoms with Crippen LogP contribution in [0.5, 0.6) is 0 Å². The van der Waals surface area contributed by atoms with E-state index in [9.17, 15) is 13.6 Å². The summed E-state index contributed by atoms with van der Waals surface area (Å²) in [7, 11) is 0. The largest absolute Gasteiger partial charge is 0.351 e. The van der Waals surface area contributed by atoms with E-state index in [1.807, 2.05) is 6.92 Å². The van der Waals surface area contributed by atoms with Crippen molar-refractivity contribution in [3.05, 3.63) is 0 Å². The Labute approximate surface area is 106 Å². The zero-order valence-corrected chi connectivity index (χ0v) is 10.7. The van der Waals surface area contributed by atoms with Crippen LogP contribution in [0.1, 0.15) is 32.6 Å². The lowest BCUT2D eigenvalue weighted by molar-refractivity contribution is -0.136. The predicted molar refractivity (Wildman–Crippen MR) is 63.4 cm³/mol. The number of amides is 1. The molecular formula is C13H20F2N2O. The number of nitrogens with one attached hydrogen (secondary N) is 1. The summed E-state index contributed by atoms with van der Waals surface area (Å²) in [6.07, 6.45) is 3.14. The molecule has 1 heterocycles. The summed E-state index contributed by atoms with van der Waals surface area (Å²) in [6.45, 7) is 2.64. The third-order valence-corrected chi connectivity index (χ3v) is 4.83. The number of likely N-dealkylation sites (tertiary alicyclic amines) is 1. The van der Waals surface area contributed by atoms with Gasteiger partial charge in [-0.3, -0.25) is 9.69 Å². The summed E-state index contributed by atoms with van der Waals surface area (Å²) in [6, 6.07) is 0. The Morgan fingerprint density at radius 2 is 2.06 bits per heavy atom. The summed E-state index contributed by atoms with van der Waals surface area (Å²) >= 11 is 0. The average molecular weight is 258 g/mol. The molecule has 4 fully saturated rings. The van der Waals surface area contributed by atoms with Crippen molar-refractivity contribution >= 4 is 5.91 Å². The highest BCUT2D eigenvalue weighted by atomic mass is 19.3. The maximum Gasteiger partial charge on any atom is 0.265 e. The predicted octanol–water partition coefficient (Wildman–Crippen LogP) is 1.63. The third-order valence-electron chi connectivity index (χ3n) is 4.83. The number of nitrogens with zero attached hydrogens (tertiary/aromatic N) is 1. The van der Waals surface area contributed by atoms with E-state index in [-0.39, 0.29) is 24.4 Å². The molecule has 102 valence electrons. The Kier molecular flexibility index (Phi) is 2.66. The van der Waals surface area contributed by atoms with E-state index in [4.69, 9.17) is 0 Å². The fourth-order valence-corrected chi connectivity index (χ4v) is 3.59. The molecule has 0 aromatic carbocycles. The fourth-order valence-electron chi connectivity index (χ4n) is 3.59. The summed E-state index contributed by atoms with van der Waals surface area (Å²) in [4.78, 5) is 13.6. The number of halogens is 2. The van der Waals surface area contributed by atoms with Crippen molar-refractivity contribution in [2.45, 2.75) is 44.1 Å². The van der Waals surface area contributed by atoms with E-state index in [1.54, 1.807) is 4.90 Å². The summed E-state index contributed by atoms with van der Waals surface area (Å²) in [5, 5.41) is 2.97. The van der Waals surface area contributed by atoms with Crippen LogP contribution in [0, 0.1) is 11.8 Å². The van der Waals surface area contributed by atoms with Crippen LogP contribution in [-0.2, 0) is 4.79 Å². The van der Waals surface area contributed by atoms with Crippen LogP contribution in [0.2, 0.25) is 0 Å². The molecule has 0 aromatic heterocycles. The van der Waals surface area contributed by atoms with Gasteiger partial charge in [0.25, 0.3) is 5.92 Å². The van der Waals surface area contributed by atoms with Crippen molar-refractivity contribution in [3.8, 4) is 0 Å². The number of hydrogen-bond acceptors (Lipinski definition) is 2. The molecule has 4 rings (SSSR count). The Balaban J connectivity index is 1.53. The van der Waals surface area contributed by atoms with E-state index in [1.165, 1.54) is 0 Å². The van der Waals surface area contributed by atoms with Gasteiger partial charge in [0, 0.05) is 24.4 Å². The van der Waals surface area contributed by atoms with E-state index >= 15 is 0 Å². The van der Waals surface area contributed by atoms with Crippen LogP contribution in [0.3, 0.4) is 0 Å². The normalized spacial score (nSPS) is 41.1. The average Bonchev–Trinajstić information content (AvgIpc) is 2.46. The molecule has 3 saturated carbocycles. The fraction of sp³-hybridized carbons (Fsp3) is 0.923. The van der Waals surface area contributed by atoms with Gasteiger partial charge in [-0.05, 0) is 31.7 Å². The van der Waals surface area contributed by atoms with Crippen LogP contribution in [0.15, 0.2) is 0 Å². The van der Waals surface area contributed by atoms with Gasteiger partial charge in [-0.1, -0.05) is 6.92 Å². The van der Waals surface area contributed by atoms with Gasteiger partial charge < -0.3 is 5.32 Å². The molecule has 1 atom stereocenters. The lowest BCUT2D eigenvalue weighted by atomic mass is 9.50. The van der Waals surface area contributed by atoms with Gasteiger partial charge in [0.05, 0.1) is 6.54 Å². The van der Waals surface area contributed by atoms with Crippen molar-refractivity contribution in [1.29, 1.82) is 0 Å². The monoisotopic (exact) mass is 258 g/mol. The first-order valence-corrected chi connectivity index (χ1v) is 6.84. The van der Waals surface area contributed by atoms with Gasteiger partial charge >= 0.3 is 0 Å². The summed E-state index contributed by atoms with van der Waals surface area (Å²) < 4.78 is 27.4. The molecule has 4 aliphatic rings. The maximum atomic E-state index is 13.7. The van der Waals surface area contributed by atoms with Crippen molar-refractivity contribution in [2.24, 2.45) is 11.8 Å². The molecule has 0 spiro atoms. The van der Waals surface area contributed by atoms with Crippen molar-refractivity contribution in [2.75, 3.05) is 19.6 Å². The third kappa shape index (κ3) is 1.92. The van der Waals surface area contributed by atoms with E-state index in [0.29, 0.717) is 13.1 Å². The first kappa shape index (κ1) is 12.3. The minimum atomic E-state index is -2.72. The van der Waals surface area contributed by atoms with E-state index < -0.39 is 11.8 Å². The topological polar surface area (TPSA) is 32.3 Å². The number of carbonyl (C=O) groups is 1. The Morgan fingerprint density at radius 1 is 1.39 bits per heavy atom. The Bertz CT molecular complexity index is 355. The molecule has 3 nitrogen and oxygen atoms in total. The lowest BCUT2D eigenvalue weighted by Crippen LogP contribution is -2.68. The highest BCUT2D eigenvalue weighted by molar-refractivity contribution is 5.77. The number of rotatable bonds is 4. The van der Waals surface area contributed by atoms with E-state index in [0.717, 1.165) is 25.2 Å². The van der Waals surface area contributed by atoms with Crippen LogP contribution in [0.25, 0.3) is 0 Å². The molecule has 1 N–H and O–H groups in total. The summed E-state index contributed by atoms with van der Waals surface area (Å²) in [5.74, 6) is -2.93. The molecule has 5 heteroatoms. The lowest BCUT2D eigenvalue weighted by Gasteiger charge is -2.61. The van der Waals surface area contributed by atoms with Crippen molar-refractivity contribution < 1.29 is 13.6 Å². The molecule has 3 aliphatic carbocycles. The van der Waals surface area contributed by atoms with Crippen molar-refractivity contribution in [3.63, 3.8) is 0 Å². The van der Waals surface area contributed by atoms with Crippen LogP contribution in [0.4, 0.5) is 8.78 Å².